The zero-order valence-corrected chi connectivity index (χ0v) is 22.1. The van der Waals surface area contributed by atoms with Gasteiger partial charge in [0.2, 0.25) is 0 Å². The number of carboxylic acids is 1. The van der Waals surface area contributed by atoms with E-state index in [1.807, 2.05) is 6.92 Å². The Morgan fingerprint density at radius 1 is 1.39 bits per heavy atom. The molecule has 1 aliphatic heterocycles. The van der Waals surface area contributed by atoms with E-state index in [0.29, 0.717) is 5.56 Å². The summed E-state index contributed by atoms with van der Waals surface area (Å²) in [6.45, 7) is 4.54. The van der Waals surface area contributed by atoms with Crippen molar-refractivity contribution in [1.29, 1.82) is 0 Å². The van der Waals surface area contributed by atoms with Crippen molar-refractivity contribution >= 4 is 19.5 Å². The molecule has 0 spiro atoms. The molecule has 3 rings (SSSR count). The van der Waals surface area contributed by atoms with E-state index in [-0.39, 0.29) is 57.5 Å². The Kier molecular flexibility index (Phi) is 9.74. The quantitative estimate of drug-likeness (QED) is 0.384. The maximum absolute atomic E-state index is 13.2. The predicted molar refractivity (Wildman–Crippen MR) is 113 cm³/mol. The van der Waals surface area contributed by atoms with Gasteiger partial charge in [-0.15, -0.1) is 0 Å². The smallest absolute Gasteiger partial charge is 0.459 e. The van der Waals surface area contributed by atoms with Gasteiger partial charge in [-0.2, -0.15) is 10.1 Å². The van der Waals surface area contributed by atoms with E-state index in [1.54, 1.807) is 31.2 Å². The van der Waals surface area contributed by atoms with Crippen LogP contribution >= 0.6 is 7.75 Å². The van der Waals surface area contributed by atoms with E-state index < -0.39 is 38.0 Å². The van der Waals surface area contributed by atoms with Crippen molar-refractivity contribution in [2.24, 2.45) is 0 Å². The molecule has 0 unspecified atom stereocenters. The third kappa shape index (κ3) is 7.41. The summed E-state index contributed by atoms with van der Waals surface area (Å²) < 4.78 is 36.5. The van der Waals surface area contributed by atoms with Gasteiger partial charge >= 0.3 is 19.4 Å². The summed E-state index contributed by atoms with van der Waals surface area (Å²) in [5.41, 5.74) is 6.58. The number of hydrogen-bond acceptors (Lipinski definition) is 9. The molecule has 0 saturated carbocycles. The number of benzene rings is 1. The largest absolute Gasteiger partial charge is 0.480 e. The van der Waals surface area contributed by atoms with Gasteiger partial charge < -0.3 is 24.8 Å². The monoisotopic (exact) mass is 557 g/mol. The van der Waals surface area contributed by atoms with Gasteiger partial charge in [0.15, 0.2) is 12.5 Å². The Hall–Kier alpha value is -1.66. The average molecular weight is 557 g/mol. The Labute approximate surface area is 215 Å². The van der Waals surface area contributed by atoms with Crippen LogP contribution in [0.5, 0.6) is 5.75 Å². The molecule has 33 heavy (non-hydrogen) atoms. The summed E-state index contributed by atoms with van der Waals surface area (Å²) in [5, 5.41) is 11.5. The van der Waals surface area contributed by atoms with Crippen molar-refractivity contribution in [2.75, 3.05) is 18.9 Å². The molecule has 1 aromatic carbocycles. The molecule has 1 aromatic heterocycles. The number of hydrogen-bond donors (Lipinski definition) is 3. The minimum atomic E-state index is -4.12. The number of carboxylic acid groups (broad SMARTS) is 1. The van der Waals surface area contributed by atoms with Crippen molar-refractivity contribution in [3.63, 3.8) is 0 Å². The van der Waals surface area contributed by atoms with Crippen LogP contribution in [0.15, 0.2) is 35.3 Å². The van der Waals surface area contributed by atoms with E-state index in [4.69, 9.17) is 29.4 Å². The van der Waals surface area contributed by atoms with Crippen LogP contribution in [-0.4, -0.2) is 46.2 Å². The van der Waals surface area contributed by atoms with E-state index >= 15 is 0 Å². The van der Waals surface area contributed by atoms with Gasteiger partial charge in [-0.05, 0) is 32.9 Å². The van der Waals surface area contributed by atoms with Gasteiger partial charge in [0.25, 0.3) is 0 Å². The second-order valence-corrected chi connectivity index (χ2v) is 8.93. The second-order valence-electron chi connectivity index (χ2n) is 7.24. The van der Waals surface area contributed by atoms with Crippen LogP contribution in [-0.2, 0) is 56.1 Å². The molecule has 0 amide bonds. The van der Waals surface area contributed by atoms with E-state index in [1.165, 1.54) is 17.7 Å². The molecule has 177 valence electrons. The van der Waals surface area contributed by atoms with Crippen molar-refractivity contribution in [3.8, 4) is 5.75 Å². The molecule has 14 heteroatoms. The number of anilines is 1. The number of aryl methyl sites for hydroxylation is 2. The number of nitrogens with zero attached hydrogens (tertiary/aromatic N) is 2. The molecule has 2 heterocycles. The van der Waals surface area contributed by atoms with Crippen molar-refractivity contribution in [3.05, 3.63) is 52.1 Å². The minimum absolute atomic E-state index is 0. The van der Waals surface area contributed by atoms with Gasteiger partial charge in [0.05, 0.1) is 6.61 Å². The van der Waals surface area contributed by atoms with Gasteiger partial charge in [0, 0.05) is 44.5 Å². The molecule has 12 nitrogen and oxygen atoms in total. The normalized spacial score (nSPS) is 20.5. The first-order valence-electron chi connectivity index (χ1n) is 9.70. The Morgan fingerprint density at radius 3 is 2.70 bits per heavy atom. The molecule has 1 aliphatic rings. The first kappa shape index (κ1) is 27.6. The minimum Gasteiger partial charge on any atom is -0.480 e. The molecule has 4 N–H and O–H groups in total. The first-order valence-corrected chi connectivity index (χ1v) is 11.2. The van der Waals surface area contributed by atoms with Crippen LogP contribution in [0.4, 0.5) is 5.82 Å². The predicted octanol–water partition coefficient (Wildman–Crippen LogP) is 1.58. The van der Waals surface area contributed by atoms with Gasteiger partial charge in [-0.25, -0.2) is 9.36 Å². The van der Waals surface area contributed by atoms with Crippen molar-refractivity contribution in [1.82, 2.24) is 14.6 Å². The topological polar surface area (TPSA) is 164 Å². The van der Waals surface area contributed by atoms with Crippen LogP contribution < -0.4 is 21.0 Å². The van der Waals surface area contributed by atoms with Crippen LogP contribution in [0, 0.1) is 13.8 Å². The summed E-state index contributed by atoms with van der Waals surface area (Å²) in [4.78, 5) is 27.0. The molecule has 1 saturated heterocycles. The second kappa shape index (κ2) is 11.7. The number of ether oxygens (including phenoxy) is 2. The van der Waals surface area contributed by atoms with Gasteiger partial charge in [-0.3, -0.25) is 13.9 Å². The number of aliphatic carboxylic acids is 1. The molecular weight excluding hydrogens is 532 g/mol. The van der Waals surface area contributed by atoms with Gasteiger partial charge in [0.1, 0.15) is 24.2 Å². The van der Waals surface area contributed by atoms with E-state index in [2.05, 4.69) is 10.1 Å². The summed E-state index contributed by atoms with van der Waals surface area (Å²) in [7, 11) is -4.12. The fourth-order valence-electron chi connectivity index (χ4n) is 2.74. The first-order chi connectivity index (χ1) is 15.1. The average Bonchev–Trinajstić information content (AvgIpc) is 3.20. The molecule has 1 fully saturated rings. The Bertz CT molecular complexity index is 1080. The molecule has 0 bridgehead atoms. The summed E-state index contributed by atoms with van der Waals surface area (Å²) in [6, 6.07) is 5.44. The number of nitrogens with two attached hydrogens (primary N) is 1. The fourth-order valence-corrected chi connectivity index (χ4v) is 4.22. The number of nitrogen functional groups attached to an aromatic ring is 1. The maximum Gasteiger partial charge on any atom is 0.459 e. The molecule has 2 aromatic rings. The zero-order chi connectivity index (χ0) is 23.5. The molecule has 1 radical (unpaired) electrons. The number of rotatable bonds is 9. The summed E-state index contributed by atoms with van der Waals surface area (Å²) in [6.07, 6.45) is -0.267. The summed E-state index contributed by atoms with van der Waals surface area (Å²) >= 11 is 0. The molecule has 0 aliphatic carbocycles. The van der Waals surface area contributed by atoms with Crippen molar-refractivity contribution < 1.29 is 65.7 Å². The SMILES string of the molecule is Cc1ccc(O[P@](=O)(N[C@@H](C)C(=O)O)OC[C@H]2OC[C@@H](n3cc(C)c(N)nc3=O)O2)cc1.[Y]. The van der Waals surface area contributed by atoms with Crippen LogP contribution in [0.1, 0.15) is 24.3 Å². The zero-order valence-electron chi connectivity index (χ0n) is 18.3. The van der Waals surface area contributed by atoms with Crippen molar-refractivity contribution in [2.45, 2.75) is 39.3 Å². The third-order valence-electron chi connectivity index (χ3n) is 4.57. The molecular formula is C19H25N4O8PY. The van der Waals surface area contributed by atoms with Crippen LogP contribution in [0.25, 0.3) is 0 Å². The Morgan fingerprint density at radius 2 is 2.06 bits per heavy atom. The summed E-state index contributed by atoms with van der Waals surface area (Å²) in [5.74, 6) is -0.886. The van der Waals surface area contributed by atoms with Gasteiger partial charge in [-0.1, -0.05) is 17.7 Å². The third-order valence-corrected chi connectivity index (χ3v) is 6.21. The number of carbonyl (C=O) groups is 1. The number of aromatic nitrogens is 2. The van der Waals surface area contributed by atoms with Crippen LogP contribution in [0.3, 0.4) is 0 Å². The fraction of sp³-hybridized carbons (Fsp3) is 0.421. The van der Waals surface area contributed by atoms with E-state index in [0.717, 1.165) is 5.56 Å². The van der Waals surface area contributed by atoms with E-state index in [9.17, 15) is 14.2 Å². The molecule has 4 atom stereocenters. The Balaban J connectivity index is 0.00000385. The van der Waals surface area contributed by atoms with Crippen LogP contribution in [0.2, 0.25) is 0 Å². The number of nitrogens with one attached hydrogen (secondary N) is 1. The maximum atomic E-state index is 13.2. The standard InChI is InChI=1S/C19H25N4O8P.Y/c1-11-4-6-14(7-5-11)31-32(27,22-13(3)18(24)25)29-10-16-28-9-15(30-16)23-8-12(2)17(20)21-19(23)26;/h4-8,13,15-16H,9-10H2,1-3H3,(H,22,27)(H,24,25)(H2,20,21,26);/t13-,15-,16-,32-;/m0./s1.